The van der Waals surface area contributed by atoms with E-state index in [9.17, 15) is 4.79 Å². The summed E-state index contributed by atoms with van der Waals surface area (Å²) in [6.07, 6.45) is 6.97. The topological polar surface area (TPSA) is 26.3 Å². The van der Waals surface area contributed by atoms with Crippen molar-refractivity contribution >= 4 is 5.97 Å². The van der Waals surface area contributed by atoms with E-state index in [0.29, 0.717) is 5.92 Å². The Morgan fingerprint density at radius 2 is 1.82 bits per heavy atom. The Labute approximate surface area is 104 Å². The first-order valence-electron chi connectivity index (χ1n) is 6.78. The fourth-order valence-corrected chi connectivity index (χ4v) is 3.04. The summed E-state index contributed by atoms with van der Waals surface area (Å²) in [7, 11) is 0. The highest BCUT2D eigenvalue weighted by Gasteiger charge is 2.61. The summed E-state index contributed by atoms with van der Waals surface area (Å²) in [6.45, 7) is 8.51. The van der Waals surface area contributed by atoms with Gasteiger partial charge in [0.25, 0.3) is 0 Å². The van der Waals surface area contributed by atoms with Crippen molar-refractivity contribution in [3.05, 3.63) is 11.6 Å². The van der Waals surface area contributed by atoms with Gasteiger partial charge in [-0.15, -0.1) is 0 Å². The maximum absolute atomic E-state index is 12.1. The van der Waals surface area contributed by atoms with Crippen molar-refractivity contribution in [1.29, 1.82) is 0 Å². The second-order valence-electron chi connectivity index (χ2n) is 6.41. The number of hydrogen-bond donors (Lipinski definition) is 0. The molecule has 2 fully saturated rings. The summed E-state index contributed by atoms with van der Waals surface area (Å²) in [5.41, 5.74) is 1.38. The molecule has 96 valence electrons. The van der Waals surface area contributed by atoms with Crippen LogP contribution in [0, 0.1) is 17.3 Å². The van der Waals surface area contributed by atoms with Gasteiger partial charge in [-0.1, -0.05) is 25.5 Å². The minimum absolute atomic E-state index is 0.0319. The summed E-state index contributed by atoms with van der Waals surface area (Å²) in [6, 6.07) is 0. The molecule has 2 atom stereocenters. The van der Waals surface area contributed by atoms with E-state index in [1.54, 1.807) is 0 Å². The van der Waals surface area contributed by atoms with Gasteiger partial charge in [0.1, 0.15) is 6.10 Å². The van der Waals surface area contributed by atoms with Gasteiger partial charge >= 0.3 is 5.97 Å². The summed E-state index contributed by atoms with van der Waals surface area (Å²) in [4.78, 5) is 12.1. The molecular weight excluding hydrogens is 212 g/mol. The first kappa shape index (κ1) is 12.7. The molecular formula is C15H24O2. The van der Waals surface area contributed by atoms with Crippen molar-refractivity contribution in [3.8, 4) is 0 Å². The van der Waals surface area contributed by atoms with Crippen LogP contribution >= 0.6 is 0 Å². The van der Waals surface area contributed by atoms with Gasteiger partial charge in [0.15, 0.2) is 0 Å². The van der Waals surface area contributed by atoms with Gasteiger partial charge in [0.05, 0.1) is 5.92 Å². The normalized spacial score (nSPS) is 31.1. The summed E-state index contributed by atoms with van der Waals surface area (Å²) >= 11 is 0. The number of carbonyl (C=O) groups is 1. The van der Waals surface area contributed by atoms with Gasteiger partial charge in [-0.05, 0) is 50.9 Å². The number of rotatable bonds is 3. The van der Waals surface area contributed by atoms with Crippen LogP contribution in [-0.4, -0.2) is 12.1 Å². The maximum atomic E-state index is 12.1. The zero-order chi connectivity index (χ0) is 12.6. The predicted octanol–water partition coefficient (Wildman–Crippen LogP) is 3.71. The lowest BCUT2D eigenvalue weighted by Gasteiger charge is -2.11. The first-order chi connectivity index (χ1) is 7.93. The zero-order valence-electron chi connectivity index (χ0n) is 11.5. The zero-order valence-corrected chi connectivity index (χ0v) is 11.5. The van der Waals surface area contributed by atoms with Crippen LogP contribution in [-0.2, 0) is 9.53 Å². The quantitative estimate of drug-likeness (QED) is 0.551. The van der Waals surface area contributed by atoms with Crippen LogP contribution in [0.15, 0.2) is 11.6 Å². The van der Waals surface area contributed by atoms with Crippen LogP contribution in [0.5, 0.6) is 0 Å². The number of esters is 1. The molecule has 2 aliphatic carbocycles. The van der Waals surface area contributed by atoms with Crippen molar-refractivity contribution in [1.82, 2.24) is 0 Å². The van der Waals surface area contributed by atoms with Crippen LogP contribution in [0.4, 0.5) is 0 Å². The van der Waals surface area contributed by atoms with Crippen molar-refractivity contribution < 1.29 is 9.53 Å². The Kier molecular flexibility index (Phi) is 3.33. The molecule has 2 heteroatoms. The SMILES string of the molecule is CC(C)=C[C@@H]1[C@H](C(=O)OC2CCCC2)C1(C)C. The van der Waals surface area contributed by atoms with E-state index in [0.717, 1.165) is 12.8 Å². The lowest BCUT2D eigenvalue weighted by Crippen LogP contribution is -2.18. The van der Waals surface area contributed by atoms with Gasteiger partial charge < -0.3 is 4.74 Å². The minimum Gasteiger partial charge on any atom is -0.462 e. The number of carbonyl (C=O) groups excluding carboxylic acids is 1. The summed E-state index contributed by atoms with van der Waals surface area (Å²) < 4.78 is 5.61. The van der Waals surface area contributed by atoms with E-state index in [1.165, 1.54) is 18.4 Å². The van der Waals surface area contributed by atoms with Crippen LogP contribution in [0.25, 0.3) is 0 Å². The molecule has 0 N–H and O–H groups in total. The van der Waals surface area contributed by atoms with Crippen LogP contribution in [0.2, 0.25) is 0 Å². The predicted molar refractivity (Wildman–Crippen MR) is 68.5 cm³/mol. The van der Waals surface area contributed by atoms with Crippen LogP contribution in [0.1, 0.15) is 53.4 Å². The molecule has 0 saturated heterocycles. The van der Waals surface area contributed by atoms with E-state index in [-0.39, 0.29) is 23.4 Å². The van der Waals surface area contributed by atoms with Crippen LogP contribution < -0.4 is 0 Å². The molecule has 0 spiro atoms. The second-order valence-corrected chi connectivity index (χ2v) is 6.41. The highest BCUT2D eigenvalue weighted by Crippen LogP contribution is 2.60. The standard InChI is InChI=1S/C15H24O2/c1-10(2)9-12-13(15(12,3)4)14(16)17-11-7-5-6-8-11/h9,11-13H,5-8H2,1-4H3/t12-,13-/m1/s1. The molecule has 0 aromatic heterocycles. The molecule has 0 amide bonds. The monoisotopic (exact) mass is 236 g/mol. The molecule has 0 bridgehead atoms. The van der Waals surface area contributed by atoms with Crippen molar-refractivity contribution in [2.24, 2.45) is 17.3 Å². The van der Waals surface area contributed by atoms with Crippen molar-refractivity contribution in [3.63, 3.8) is 0 Å². The number of hydrogen-bond acceptors (Lipinski definition) is 2. The Bertz CT molecular complexity index is 331. The third-order valence-corrected chi connectivity index (χ3v) is 4.26. The van der Waals surface area contributed by atoms with Gasteiger partial charge in [-0.2, -0.15) is 0 Å². The van der Waals surface area contributed by atoms with E-state index >= 15 is 0 Å². The largest absolute Gasteiger partial charge is 0.462 e. The highest BCUT2D eigenvalue weighted by atomic mass is 16.5. The van der Waals surface area contributed by atoms with Gasteiger partial charge in [-0.3, -0.25) is 4.79 Å². The fraction of sp³-hybridized carbons (Fsp3) is 0.800. The Balaban J connectivity index is 1.94. The van der Waals surface area contributed by atoms with Crippen molar-refractivity contribution in [2.45, 2.75) is 59.5 Å². The lowest BCUT2D eigenvalue weighted by atomic mass is 10.1. The van der Waals surface area contributed by atoms with E-state index in [2.05, 4.69) is 33.8 Å². The third-order valence-electron chi connectivity index (χ3n) is 4.26. The average Bonchev–Trinajstić information content (AvgIpc) is 2.64. The Morgan fingerprint density at radius 1 is 1.24 bits per heavy atom. The van der Waals surface area contributed by atoms with Gasteiger partial charge in [0, 0.05) is 0 Å². The molecule has 2 aliphatic rings. The lowest BCUT2D eigenvalue weighted by molar-refractivity contribution is -0.151. The van der Waals surface area contributed by atoms with Gasteiger partial charge in [0.2, 0.25) is 0 Å². The van der Waals surface area contributed by atoms with E-state index in [1.807, 2.05) is 0 Å². The Hall–Kier alpha value is -0.790. The fourth-order valence-electron chi connectivity index (χ4n) is 3.04. The highest BCUT2D eigenvalue weighted by molar-refractivity contribution is 5.78. The smallest absolute Gasteiger partial charge is 0.310 e. The summed E-state index contributed by atoms with van der Waals surface area (Å²) in [5.74, 6) is 0.490. The minimum atomic E-state index is 0.0319. The Morgan fingerprint density at radius 3 is 2.35 bits per heavy atom. The third kappa shape index (κ3) is 2.56. The molecule has 2 rings (SSSR count). The molecule has 0 aromatic rings. The molecule has 2 nitrogen and oxygen atoms in total. The molecule has 0 heterocycles. The first-order valence-corrected chi connectivity index (χ1v) is 6.78. The number of allylic oxidation sites excluding steroid dienone is 2. The number of ether oxygens (including phenoxy) is 1. The van der Waals surface area contributed by atoms with Crippen LogP contribution in [0.3, 0.4) is 0 Å². The van der Waals surface area contributed by atoms with Crippen molar-refractivity contribution in [2.75, 3.05) is 0 Å². The van der Waals surface area contributed by atoms with E-state index < -0.39 is 0 Å². The molecule has 0 aromatic carbocycles. The average molecular weight is 236 g/mol. The second kappa shape index (κ2) is 4.47. The van der Waals surface area contributed by atoms with Gasteiger partial charge in [-0.25, -0.2) is 0 Å². The molecule has 0 radical (unpaired) electrons. The maximum Gasteiger partial charge on any atom is 0.310 e. The molecule has 0 unspecified atom stereocenters. The molecule has 2 saturated carbocycles. The van der Waals surface area contributed by atoms with E-state index in [4.69, 9.17) is 4.74 Å². The molecule has 17 heavy (non-hydrogen) atoms. The molecule has 0 aliphatic heterocycles. The summed E-state index contributed by atoms with van der Waals surface area (Å²) in [5, 5.41) is 0.